The summed E-state index contributed by atoms with van der Waals surface area (Å²) in [6.07, 6.45) is 0.550. The van der Waals surface area contributed by atoms with E-state index in [0.717, 1.165) is 0 Å². The van der Waals surface area contributed by atoms with Crippen molar-refractivity contribution < 1.29 is 14.7 Å². The fraction of sp³-hybridized carbons (Fsp3) is 0.273. The van der Waals surface area contributed by atoms with Gasteiger partial charge in [-0.25, -0.2) is 4.79 Å². The van der Waals surface area contributed by atoms with Crippen molar-refractivity contribution in [2.75, 3.05) is 6.54 Å². The molecule has 15 heavy (non-hydrogen) atoms. The number of carbonyl (C=O) groups is 2. The Balaban J connectivity index is 2.13. The average molecular weight is 205 g/mol. The monoisotopic (exact) mass is 205 g/mol. The largest absolute Gasteiger partial charge is 0.480 e. The molecule has 1 atom stereocenters. The van der Waals surface area contributed by atoms with Crippen molar-refractivity contribution in [2.45, 2.75) is 12.5 Å². The Morgan fingerprint density at radius 3 is 2.40 bits per heavy atom. The van der Waals surface area contributed by atoms with Crippen LogP contribution >= 0.6 is 0 Å². The van der Waals surface area contributed by atoms with E-state index < -0.39 is 12.0 Å². The van der Waals surface area contributed by atoms with Gasteiger partial charge in [0, 0.05) is 12.1 Å². The van der Waals surface area contributed by atoms with Gasteiger partial charge in [0.05, 0.1) is 0 Å². The summed E-state index contributed by atoms with van der Waals surface area (Å²) in [4.78, 5) is 23.9. The van der Waals surface area contributed by atoms with Crippen LogP contribution in [0.2, 0.25) is 0 Å². The quantitative estimate of drug-likeness (QED) is 0.783. The van der Waals surface area contributed by atoms with Crippen LogP contribution < -0.4 is 0 Å². The molecule has 1 aromatic carbocycles. The second-order valence-corrected chi connectivity index (χ2v) is 3.51. The summed E-state index contributed by atoms with van der Waals surface area (Å²) in [6.45, 7) is 0.532. The molecule has 1 N–H and O–H groups in total. The SMILES string of the molecule is O=C(O)C1CCN1C(=O)c1ccccc1. The van der Waals surface area contributed by atoms with Crippen LogP contribution in [0.3, 0.4) is 0 Å². The van der Waals surface area contributed by atoms with E-state index in [1.54, 1.807) is 24.3 Å². The molecule has 1 unspecified atom stereocenters. The van der Waals surface area contributed by atoms with Gasteiger partial charge in [0.15, 0.2) is 0 Å². The van der Waals surface area contributed by atoms with Gasteiger partial charge in [-0.2, -0.15) is 0 Å². The maximum atomic E-state index is 11.8. The number of nitrogens with zero attached hydrogens (tertiary/aromatic N) is 1. The molecule has 1 saturated heterocycles. The van der Waals surface area contributed by atoms with Crippen LogP contribution in [0.1, 0.15) is 16.8 Å². The van der Waals surface area contributed by atoms with Crippen LogP contribution in [0.25, 0.3) is 0 Å². The number of carboxylic acids is 1. The summed E-state index contributed by atoms with van der Waals surface area (Å²) >= 11 is 0. The molecule has 4 heteroatoms. The lowest BCUT2D eigenvalue weighted by Crippen LogP contribution is -2.55. The lowest BCUT2D eigenvalue weighted by molar-refractivity contribution is -0.146. The number of carboxylic acid groups (broad SMARTS) is 1. The van der Waals surface area contributed by atoms with E-state index in [-0.39, 0.29) is 5.91 Å². The van der Waals surface area contributed by atoms with Crippen LogP contribution in [0.15, 0.2) is 30.3 Å². The normalized spacial score (nSPS) is 19.5. The number of likely N-dealkylation sites (tertiary alicyclic amines) is 1. The Labute approximate surface area is 87.1 Å². The first-order valence-electron chi connectivity index (χ1n) is 4.79. The zero-order chi connectivity index (χ0) is 10.8. The molecule has 0 aromatic heterocycles. The summed E-state index contributed by atoms with van der Waals surface area (Å²) < 4.78 is 0. The number of aliphatic carboxylic acids is 1. The second-order valence-electron chi connectivity index (χ2n) is 3.51. The maximum absolute atomic E-state index is 11.8. The Bertz CT molecular complexity index is 388. The molecule has 1 aromatic rings. The fourth-order valence-corrected chi connectivity index (χ4v) is 1.63. The van der Waals surface area contributed by atoms with E-state index in [1.807, 2.05) is 6.07 Å². The highest BCUT2D eigenvalue weighted by Gasteiger charge is 2.37. The van der Waals surface area contributed by atoms with E-state index in [2.05, 4.69) is 0 Å². The average Bonchev–Trinajstić information content (AvgIpc) is 2.16. The molecular formula is C11H11NO3. The molecule has 2 rings (SSSR count). The van der Waals surface area contributed by atoms with Gasteiger partial charge in [-0.05, 0) is 18.6 Å². The third-order valence-corrected chi connectivity index (χ3v) is 2.59. The number of hydrogen-bond donors (Lipinski definition) is 1. The topological polar surface area (TPSA) is 57.6 Å². The molecule has 4 nitrogen and oxygen atoms in total. The molecule has 1 aliphatic rings. The van der Waals surface area contributed by atoms with Crippen molar-refractivity contribution in [1.82, 2.24) is 4.90 Å². The van der Waals surface area contributed by atoms with E-state index in [0.29, 0.717) is 18.5 Å². The molecule has 1 heterocycles. The third-order valence-electron chi connectivity index (χ3n) is 2.59. The molecular weight excluding hydrogens is 194 g/mol. The number of benzene rings is 1. The lowest BCUT2D eigenvalue weighted by atomic mass is 10.0. The summed E-state index contributed by atoms with van der Waals surface area (Å²) in [7, 11) is 0. The molecule has 1 aliphatic heterocycles. The first kappa shape index (κ1) is 9.71. The first-order valence-corrected chi connectivity index (χ1v) is 4.79. The van der Waals surface area contributed by atoms with Crippen molar-refractivity contribution in [3.8, 4) is 0 Å². The zero-order valence-electron chi connectivity index (χ0n) is 8.09. The van der Waals surface area contributed by atoms with Gasteiger partial charge < -0.3 is 10.0 Å². The van der Waals surface area contributed by atoms with Crippen molar-refractivity contribution in [3.63, 3.8) is 0 Å². The molecule has 1 fully saturated rings. The summed E-state index contributed by atoms with van der Waals surface area (Å²) in [5, 5.41) is 8.81. The highest BCUT2D eigenvalue weighted by atomic mass is 16.4. The summed E-state index contributed by atoms with van der Waals surface area (Å²) in [5.74, 6) is -1.13. The van der Waals surface area contributed by atoms with Crippen LogP contribution in [-0.2, 0) is 4.79 Å². The number of carbonyl (C=O) groups excluding carboxylic acids is 1. The zero-order valence-corrected chi connectivity index (χ0v) is 8.09. The molecule has 0 saturated carbocycles. The van der Waals surface area contributed by atoms with Gasteiger partial charge in [-0.15, -0.1) is 0 Å². The number of amides is 1. The van der Waals surface area contributed by atoms with E-state index in [1.165, 1.54) is 4.90 Å². The predicted octanol–water partition coefficient (Wildman–Crippen LogP) is 0.986. The maximum Gasteiger partial charge on any atom is 0.326 e. The third kappa shape index (κ3) is 1.70. The van der Waals surface area contributed by atoms with Gasteiger partial charge >= 0.3 is 5.97 Å². The Kier molecular flexibility index (Phi) is 2.41. The molecule has 0 radical (unpaired) electrons. The van der Waals surface area contributed by atoms with Crippen LogP contribution in [-0.4, -0.2) is 34.5 Å². The van der Waals surface area contributed by atoms with Gasteiger partial charge in [-0.1, -0.05) is 18.2 Å². The minimum atomic E-state index is -0.925. The Morgan fingerprint density at radius 2 is 1.93 bits per heavy atom. The van der Waals surface area contributed by atoms with Crippen LogP contribution in [0.4, 0.5) is 0 Å². The van der Waals surface area contributed by atoms with Crippen molar-refractivity contribution in [3.05, 3.63) is 35.9 Å². The van der Waals surface area contributed by atoms with Crippen molar-refractivity contribution in [1.29, 1.82) is 0 Å². The molecule has 0 bridgehead atoms. The van der Waals surface area contributed by atoms with Gasteiger partial charge in [0.2, 0.25) is 0 Å². The van der Waals surface area contributed by atoms with Crippen molar-refractivity contribution >= 4 is 11.9 Å². The van der Waals surface area contributed by atoms with Crippen LogP contribution in [0.5, 0.6) is 0 Å². The van der Waals surface area contributed by atoms with Gasteiger partial charge in [0.1, 0.15) is 6.04 Å². The van der Waals surface area contributed by atoms with Crippen LogP contribution in [0, 0.1) is 0 Å². The highest BCUT2D eigenvalue weighted by Crippen LogP contribution is 2.20. The molecule has 1 amide bonds. The Morgan fingerprint density at radius 1 is 1.27 bits per heavy atom. The number of rotatable bonds is 2. The minimum Gasteiger partial charge on any atom is -0.480 e. The second kappa shape index (κ2) is 3.73. The summed E-state index contributed by atoms with van der Waals surface area (Å²) in [6, 6.07) is 8.10. The van der Waals surface area contributed by atoms with Crippen molar-refractivity contribution in [2.24, 2.45) is 0 Å². The standard InChI is InChI=1S/C11H11NO3/c13-10(8-4-2-1-3-5-8)12-7-6-9(12)11(14)15/h1-5,9H,6-7H2,(H,14,15). The van der Waals surface area contributed by atoms with E-state index >= 15 is 0 Å². The summed E-state index contributed by atoms with van der Waals surface area (Å²) in [5.41, 5.74) is 0.545. The smallest absolute Gasteiger partial charge is 0.326 e. The predicted molar refractivity (Wildman–Crippen MR) is 53.5 cm³/mol. The van der Waals surface area contributed by atoms with Gasteiger partial charge in [0.25, 0.3) is 5.91 Å². The Hall–Kier alpha value is -1.84. The molecule has 0 aliphatic carbocycles. The molecule has 0 spiro atoms. The fourth-order valence-electron chi connectivity index (χ4n) is 1.63. The van der Waals surface area contributed by atoms with E-state index in [9.17, 15) is 9.59 Å². The first-order chi connectivity index (χ1) is 7.20. The number of hydrogen-bond acceptors (Lipinski definition) is 2. The minimum absolute atomic E-state index is 0.200. The molecule has 78 valence electrons. The van der Waals surface area contributed by atoms with Gasteiger partial charge in [-0.3, -0.25) is 4.79 Å². The lowest BCUT2D eigenvalue weighted by Gasteiger charge is -2.37. The highest BCUT2D eigenvalue weighted by molar-refractivity contribution is 5.97. The van der Waals surface area contributed by atoms with E-state index in [4.69, 9.17) is 5.11 Å².